The van der Waals surface area contributed by atoms with Gasteiger partial charge in [-0.15, -0.1) is 0 Å². The third kappa shape index (κ3) is 4.65. The van der Waals surface area contributed by atoms with Crippen LogP contribution in [-0.2, 0) is 0 Å². The number of aromatic nitrogens is 2. The molecule has 0 aliphatic heterocycles. The second-order valence-corrected chi connectivity index (χ2v) is 11.2. The molecule has 40 heavy (non-hydrogen) atoms. The molecule has 1 radical (unpaired) electrons. The molecule has 0 saturated carbocycles. The van der Waals surface area contributed by atoms with Crippen molar-refractivity contribution in [2.24, 2.45) is 0 Å². The molecule has 6 rings (SSSR count). The highest BCUT2D eigenvalue weighted by Crippen LogP contribution is 2.46. The van der Waals surface area contributed by atoms with Gasteiger partial charge in [0.05, 0.1) is 22.4 Å². The quantitative estimate of drug-likeness (QED) is 0.216. The second-order valence-electron chi connectivity index (χ2n) is 10.8. The summed E-state index contributed by atoms with van der Waals surface area (Å²) in [6, 6.07) is 32.8. The van der Waals surface area contributed by atoms with Gasteiger partial charge in [0.2, 0.25) is 0 Å². The minimum Gasteiger partial charge on any atom is -0.252 e. The topological polar surface area (TPSA) is 25.8 Å². The van der Waals surface area contributed by atoms with Gasteiger partial charge in [-0.3, -0.25) is 9.97 Å². The third-order valence-electron chi connectivity index (χ3n) is 7.32. The highest BCUT2D eigenvalue weighted by atomic mass is 35.5. The Morgan fingerprint density at radius 1 is 0.700 bits per heavy atom. The van der Waals surface area contributed by atoms with E-state index in [1.807, 2.05) is 42.5 Å². The van der Waals surface area contributed by atoms with Crippen molar-refractivity contribution in [1.29, 1.82) is 0 Å². The summed E-state index contributed by atoms with van der Waals surface area (Å²) in [5.74, 6) is 0.0623. The number of hydrogen-bond donors (Lipinski definition) is 0. The lowest BCUT2D eigenvalue weighted by atomic mass is 9.84. The Morgan fingerprint density at radius 2 is 1.45 bits per heavy atom. The van der Waals surface area contributed by atoms with Crippen LogP contribution < -0.4 is 0 Å². The molecular weight excluding hydrogens is 515 g/mol. The smallest absolute Gasteiger partial charge is 0.123 e. The number of halogens is 2. The van der Waals surface area contributed by atoms with Gasteiger partial charge in [-0.1, -0.05) is 93.9 Å². The van der Waals surface area contributed by atoms with E-state index in [1.54, 1.807) is 0 Å². The summed E-state index contributed by atoms with van der Waals surface area (Å²) in [5.41, 5.74) is 9.70. The molecule has 6 aromatic rings. The monoisotopic (exact) mass is 543 g/mol. The first-order chi connectivity index (χ1) is 19.3. The van der Waals surface area contributed by atoms with Gasteiger partial charge in [-0.2, -0.15) is 0 Å². The number of benzene rings is 4. The number of pyridine rings is 2. The molecule has 2 heterocycles. The van der Waals surface area contributed by atoms with Crippen molar-refractivity contribution in [2.75, 3.05) is 0 Å². The average Bonchev–Trinajstić information content (AvgIpc) is 2.96. The Balaban J connectivity index is 1.82. The predicted octanol–water partition coefficient (Wildman–Crippen LogP) is 10.6. The van der Waals surface area contributed by atoms with E-state index in [4.69, 9.17) is 21.6 Å². The van der Waals surface area contributed by atoms with Crippen LogP contribution in [-0.4, -0.2) is 9.97 Å². The van der Waals surface area contributed by atoms with Crippen LogP contribution in [0.15, 0.2) is 91.0 Å². The molecule has 0 bridgehead atoms. The molecule has 0 unspecified atom stereocenters. The molecular formula is C36H29ClFN2. The van der Waals surface area contributed by atoms with Crippen LogP contribution in [0.5, 0.6) is 0 Å². The van der Waals surface area contributed by atoms with Gasteiger partial charge in [0, 0.05) is 38.6 Å². The van der Waals surface area contributed by atoms with Crippen molar-refractivity contribution in [2.45, 2.75) is 39.5 Å². The van der Waals surface area contributed by atoms with Crippen LogP contribution in [0, 0.1) is 11.9 Å². The van der Waals surface area contributed by atoms with Gasteiger partial charge in [0.1, 0.15) is 5.82 Å². The molecule has 197 valence electrons. The number of nitrogens with zero attached hydrogens (tertiary/aromatic N) is 2. The van der Waals surface area contributed by atoms with Gasteiger partial charge in [0.15, 0.2) is 0 Å². The first-order valence-electron chi connectivity index (χ1n) is 13.6. The fourth-order valence-corrected chi connectivity index (χ4v) is 5.58. The van der Waals surface area contributed by atoms with Crippen molar-refractivity contribution >= 4 is 33.4 Å². The van der Waals surface area contributed by atoms with Gasteiger partial charge >= 0.3 is 0 Å². The van der Waals surface area contributed by atoms with Gasteiger partial charge in [-0.05, 0) is 64.9 Å². The van der Waals surface area contributed by atoms with Gasteiger partial charge in [0.25, 0.3) is 0 Å². The van der Waals surface area contributed by atoms with Crippen LogP contribution in [0.1, 0.15) is 50.9 Å². The van der Waals surface area contributed by atoms with Crippen molar-refractivity contribution < 1.29 is 4.39 Å². The van der Waals surface area contributed by atoms with Gasteiger partial charge in [-0.25, -0.2) is 4.39 Å². The lowest BCUT2D eigenvalue weighted by molar-refractivity contribution is 0.628. The second kappa shape index (κ2) is 10.5. The number of fused-ring (bicyclic) bond motifs is 2. The van der Waals surface area contributed by atoms with E-state index in [0.29, 0.717) is 5.02 Å². The summed E-state index contributed by atoms with van der Waals surface area (Å²) in [6.45, 7) is 8.58. The Morgan fingerprint density at radius 3 is 2.15 bits per heavy atom. The molecule has 0 spiro atoms. The fraction of sp³-hybridized carbons (Fsp3) is 0.167. The lowest BCUT2D eigenvalue weighted by Crippen LogP contribution is -2.03. The van der Waals surface area contributed by atoms with E-state index in [2.05, 4.69) is 70.2 Å². The largest absolute Gasteiger partial charge is 0.252 e. The van der Waals surface area contributed by atoms with E-state index >= 15 is 0 Å². The molecule has 0 amide bonds. The lowest BCUT2D eigenvalue weighted by Gasteiger charge is -2.22. The van der Waals surface area contributed by atoms with E-state index < -0.39 is 0 Å². The van der Waals surface area contributed by atoms with E-state index in [0.717, 1.165) is 66.6 Å². The normalized spacial score (nSPS) is 11.7. The Kier molecular flexibility index (Phi) is 6.85. The molecule has 0 aliphatic carbocycles. The highest BCUT2D eigenvalue weighted by molar-refractivity contribution is 6.31. The first-order valence-corrected chi connectivity index (χ1v) is 14.0. The Bertz CT molecular complexity index is 1860. The van der Waals surface area contributed by atoms with Gasteiger partial charge < -0.3 is 0 Å². The summed E-state index contributed by atoms with van der Waals surface area (Å²) in [6.07, 6.45) is 0. The maximum Gasteiger partial charge on any atom is 0.123 e. The van der Waals surface area contributed by atoms with Crippen LogP contribution in [0.4, 0.5) is 4.39 Å². The SMILES string of the molecule is CC(C)c1[c]c(-c2ccc(F)cc2)c2c(-c3c(C(C)C)nc4ccc(Cl)cc4c3-c3ccccc3)cccc2n1. The highest BCUT2D eigenvalue weighted by Gasteiger charge is 2.24. The summed E-state index contributed by atoms with van der Waals surface area (Å²) < 4.78 is 14.0. The molecule has 0 saturated heterocycles. The number of rotatable bonds is 5. The maximum absolute atomic E-state index is 14.0. The zero-order valence-corrected chi connectivity index (χ0v) is 23.7. The van der Waals surface area contributed by atoms with Crippen molar-refractivity contribution in [3.63, 3.8) is 0 Å². The number of hydrogen-bond acceptors (Lipinski definition) is 2. The van der Waals surface area contributed by atoms with Crippen molar-refractivity contribution in [3.05, 3.63) is 119 Å². The van der Waals surface area contributed by atoms with Crippen molar-refractivity contribution in [1.82, 2.24) is 9.97 Å². The summed E-state index contributed by atoms with van der Waals surface area (Å²) >= 11 is 6.57. The molecule has 0 N–H and O–H groups in total. The van der Waals surface area contributed by atoms with E-state index in [1.165, 1.54) is 12.1 Å². The standard InChI is InChI=1S/C36H29ClFN2/c1-21(2)32-20-28(23-13-16-26(38)17-14-23)34-27(11-8-12-31(34)39-32)35-33(24-9-6-5-7-10-24)29-19-25(37)15-18-30(29)40-36(35)22(3)4/h5-19,21-22H,1-4H3. The zero-order chi connectivity index (χ0) is 28.0. The van der Waals surface area contributed by atoms with Crippen LogP contribution in [0.25, 0.3) is 55.2 Å². The maximum atomic E-state index is 14.0. The molecule has 0 aliphatic rings. The summed E-state index contributed by atoms with van der Waals surface area (Å²) in [5, 5.41) is 2.63. The predicted molar refractivity (Wildman–Crippen MR) is 165 cm³/mol. The first kappa shape index (κ1) is 26.2. The third-order valence-corrected chi connectivity index (χ3v) is 7.55. The van der Waals surface area contributed by atoms with E-state index in [-0.39, 0.29) is 17.7 Å². The Hall–Kier alpha value is -4.08. The van der Waals surface area contributed by atoms with Crippen LogP contribution in [0.3, 0.4) is 0 Å². The van der Waals surface area contributed by atoms with Crippen molar-refractivity contribution in [3.8, 4) is 33.4 Å². The molecule has 4 heteroatoms. The molecule has 2 nitrogen and oxygen atoms in total. The van der Waals surface area contributed by atoms with Crippen LogP contribution in [0.2, 0.25) is 5.02 Å². The minimum absolute atomic E-state index is 0.147. The molecule has 2 aromatic heterocycles. The Labute approximate surface area is 239 Å². The summed E-state index contributed by atoms with van der Waals surface area (Å²) in [7, 11) is 0. The average molecular weight is 544 g/mol. The zero-order valence-electron chi connectivity index (χ0n) is 23.0. The molecule has 4 aromatic carbocycles. The molecule has 0 fully saturated rings. The summed E-state index contributed by atoms with van der Waals surface area (Å²) in [4.78, 5) is 10.3. The minimum atomic E-state index is -0.268. The molecule has 0 atom stereocenters. The van der Waals surface area contributed by atoms with Crippen LogP contribution >= 0.6 is 11.6 Å². The van der Waals surface area contributed by atoms with E-state index in [9.17, 15) is 4.39 Å². The fourth-order valence-electron chi connectivity index (χ4n) is 5.41.